The summed E-state index contributed by atoms with van der Waals surface area (Å²) in [6.07, 6.45) is 14.6. The number of fused-ring (bicyclic) bond motifs is 12. The number of benzene rings is 5. The highest BCUT2D eigenvalue weighted by atomic mass is 16.5. The van der Waals surface area contributed by atoms with E-state index in [2.05, 4.69) is 266 Å². The normalized spacial score (nSPS) is 18.6. The topological polar surface area (TPSA) is 226 Å². The lowest BCUT2D eigenvalue weighted by Crippen LogP contribution is -2.44. The SMILES string of the molecule is C.C.C.C.CN(C)CC1CNc2nc3ccc(OCCCN(C)Cc4ccc[nH]4)cc3n2C1.CN(C)CC1CNc2nc3ccc(OCCCN(C)Cc4ccccn4)cc3n2C1.CN(C)CC1CNc2nc3ccc(OCCCN4CCC(N5CCCC5)CC4)cc3n2C1.CN(C)CC1CNc2nc3ccc(OCCCN[C@@H]4CCN(Cc5ccccc5)C4)cc3n2C1. The van der Waals surface area contributed by atoms with Crippen molar-refractivity contribution >= 4 is 67.9 Å². The van der Waals surface area contributed by atoms with Crippen LogP contribution in [0, 0.1) is 23.7 Å². The molecular weight excluding hydrogens is 1610 g/mol. The van der Waals surface area contributed by atoms with Gasteiger partial charge in [-0.25, -0.2) is 19.9 Å². The van der Waals surface area contributed by atoms with Crippen LogP contribution in [0.1, 0.15) is 104 Å². The molecule has 5 atom stereocenters. The third-order valence-corrected chi connectivity index (χ3v) is 25.1. The number of likely N-dealkylation sites (tertiary alicyclic amines) is 3. The van der Waals surface area contributed by atoms with Crippen LogP contribution in [0.3, 0.4) is 0 Å². The first-order valence-electron chi connectivity index (χ1n) is 46.4. The van der Waals surface area contributed by atoms with Crippen LogP contribution in [0.5, 0.6) is 23.0 Å². The maximum Gasteiger partial charge on any atom is 0.203 e. The summed E-state index contributed by atoms with van der Waals surface area (Å²) in [5.41, 5.74) is 12.5. The predicted octanol–water partition coefficient (Wildman–Crippen LogP) is 14.6. The molecule has 28 nitrogen and oxygen atoms in total. The molecule has 0 bridgehead atoms. The molecule has 18 rings (SSSR count). The van der Waals surface area contributed by atoms with Crippen molar-refractivity contribution in [3.8, 4) is 23.0 Å². The maximum absolute atomic E-state index is 6.15. The Morgan fingerprint density at radius 2 is 0.822 bits per heavy atom. The largest absolute Gasteiger partial charge is 0.493 e. The third kappa shape index (κ3) is 28.7. The third-order valence-electron chi connectivity index (χ3n) is 25.1. The van der Waals surface area contributed by atoms with Crippen LogP contribution in [0.15, 0.2) is 146 Å². The fourth-order valence-corrected chi connectivity index (χ4v) is 19.2. The smallest absolute Gasteiger partial charge is 0.203 e. The fourth-order valence-electron chi connectivity index (χ4n) is 19.2. The number of hydrogen-bond donors (Lipinski definition) is 6. The van der Waals surface area contributed by atoms with E-state index in [-0.39, 0.29) is 29.7 Å². The summed E-state index contributed by atoms with van der Waals surface area (Å²) < 4.78 is 33.6. The van der Waals surface area contributed by atoms with Crippen LogP contribution >= 0.6 is 0 Å². The van der Waals surface area contributed by atoms with E-state index in [0.717, 1.165) is 267 Å². The van der Waals surface area contributed by atoms with Crippen LogP contribution < -0.4 is 45.5 Å². The van der Waals surface area contributed by atoms with Gasteiger partial charge in [-0.2, -0.15) is 0 Å². The Hall–Kier alpha value is -9.59. The van der Waals surface area contributed by atoms with Gasteiger partial charge >= 0.3 is 0 Å². The minimum atomic E-state index is 0. The number of nitrogens with one attached hydrogen (secondary N) is 6. The Morgan fingerprint density at radius 1 is 0.411 bits per heavy atom. The molecule has 706 valence electrons. The van der Waals surface area contributed by atoms with Crippen molar-refractivity contribution in [2.45, 2.75) is 145 Å². The highest BCUT2D eigenvalue weighted by molar-refractivity contribution is 5.83. The molecule has 4 unspecified atom stereocenters. The van der Waals surface area contributed by atoms with Crippen LogP contribution in [0.2, 0.25) is 0 Å². The first-order valence-corrected chi connectivity index (χ1v) is 46.4. The zero-order valence-corrected chi connectivity index (χ0v) is 76.4. The van der Waals surface area contributed by atoms with E-state index in [1.54, 1.807) is 0 Å². The Bertz CT molecular complexity index is 5070. The number of rotatable bonds is 36. The minimum absolute atomic E-state index is 0. The number of piperidine rings is 1. The lowest BCUT2D eigenvalue weighted by atomic mass is 10.0. The second kappa shape index (κ2) is 49.6. The minimum Gasteiger partial charge on any atom is -0.493 e. The van der Waals surface area contributed by atoms with E-state index >= 15 is 0 Å². The highest BCUT2D eigenvalue weighted by Gasteiger charge is 2.30. The first kappa shape index (κ1) is 100.0. The fraction of sp³-hybridized carbons (Fsp3) is 0.574. The summed E-state index contributed by atoms with van der Waals surface area (Å²) in [6.45, 7) is 29.5. The summed E-state index contributed by atoms with van der Waals surface area (Å²) in [7, 11) is 21.3. The molecular formula is C101H158N24O4. The molecule has 6 N–H and O–H groups in total. The van der Waals surface area contributed by atoms with Gasteiger partial charge in [0.2, 0.25) is 23.8 Å². The lowest BCUT2D eigenvalue weighted by molar-refractivity contribution is 0.122. The number of nitrogens with zero attached hydrogens (tertiary/aromatic N) is 18. The highest BCUT2D eigenvalue weighted by Crippen LogP contribution is 2.34. The van der Waals surface area contributed by atoms with Gasteiger partial charge in [-0.05, 0) is 239 Å². The van der Waals surface area contributed by atoms with Gasteiger partial charge in [-0.3, -0.25) is 9.88 Å². The lowest BCUT2D eigenvalue weighted by Gasteiger charge is -2.36. The van der Waals surface area contributed by atoms with Gasteiger partial charge in [-0.15, -0.1) is 0 Å². The molecule has 0 radical (unpaired) electrons. The predicted molar refractivity (Wildman–Crippen MR) is 535 cm³/mol. The van der Waals surface area contributed by atoms with Gasteiger partial charge in [0, 0.05) is 209 Å². The summed E-state index contributed by atoms with van der Waals surface area (Å²) in [4.78, 5) is 48.1. The Balaban J connectivity index is 0.000000165. The van der Waals surface area contributed by atoms with E-state index in [1.165, 1.54) is 81.6 Å². The van der Waals surface area contributed by atoms with E-state index in [1.807, 2.05) is 48.8 Å². The number of aromatic amines is 1. The van der Waals surface area contributed by atoms with Gasteiger partial charge in [0.05, 0.1) is 76.3 Å². The Labute approximate surface area is 771 Å². The number of pyridine rings is 1. The molecule has 0 spiro atoms. The first-order chi connectivity index (χ1) is 61.0. The number of anilines is 4. The summed E-state index contributed by atoms with van der Waals surface area (Å²) >= 11 is 0. The van der Waals surface area contributed by atoms with Crippen molar-refractivity contribution in [1.82, 2.24) is 97.6 Å². The molecule has 0 amide bonds. The average molecular weight is 1770 g/mol. The summed E-state index contributed by atoms with van der Waals surface area (Å²) in [5.74, 6) is 9.94. The van der Waals surface area contributed by atoms with Crippen LogP contribution in [-0.2, 0) is 45.8 Å². The summed E-state index contributed by atoms with van der Waals surface area (Å²) in [5, 5.41) is 17.7. The van der Waals surface area contributed by atoms with Gasteiger partial charge in [-0.1, -0.05) is 66.1 Å². The molecule has 6 aromatic heterocycles. The average Bonchev–Trinajstić information content (AvgIpc) is 1.65. The zero-order valence-electron chi connectivity index (χ0n) is 76.4. The van der Waals surface area contributed by atoms with Gasteiger partial charge in [0.1, 0.15) is 23.0 Å². The van der Waals surface area contributed by atoms with Crippen molar-refractivity contribution in [2.24, 2.45) is 23.7 Å². The zero-order chi connectivity index (χ0) is 86.4. The molecule has 7 aliphatic heterocycles. The van der Waals surface area contributed by atoms with Crippen molar-refractivity contribution < 1.29 is 18.9 Å². The van der Waals surface area contributed by atoms with Crippen molar-refractivity contribution in [3.63, 3.8) is 0 Å². The van der Waals surface area contributed by atoms with Crippen LogP contribution in [0.25, 0.3) is 44.1 Å². The number of ether oxygens (including phenoxy) is 4. The van der Waals surface area contributed by atoms with Crippen LogP contribution in [-0.4, -0.2) is 319 Å². The van der Waals surface area contributed by atoms with E-state index in [4.69, 9.17) is 38.9 Å². The molecule has 0 aliphatic carbocycles. The molecule has 28 heteroatoms. The molecule has 5 aromatic carbocycles. The maximum atomic E-state index is 6.15. The second-order valence-electron chi connectivity index (χ2n) is 37.1. The Kier molecular flexibility index (Phi) is 38.4. The number of hydrogen-bond acceptors (Lipinski definition) is 23. The molecule has 129 heavy (non-hydrogen) atoms. The van der Waals surface area contributed by atoms with Crippen LogP contribution in [0.4, 0.5) is 23.8 Å². The number of aromatic nitrogens is 10. The van der Waals surface area contributed by atoms with E-state index < -0.39 is 0 Å². The van der Waals surface area contributed by atoms with Crippen molar-refractivity contribution in [2.75, 3.05) is 236 Å². The Morgan fingerprint density at radius 3 is 1.23 bits per heavy atom. The summed E-state index contributed by atoms with van der Waals surface area (Å²) in [6, 6.07) is 47.4. The second-order valence-corrected chi connectivity index (χ2v) is 37.1. The number of imidazole rings is 4. The standard InChI is InChI=1S/C27H38N6O.C25H40N6O.C23H32N6O.C22H32N6O.4CH4/c1-31(2)17-22-16-29-27-30-25-10-9-24(15-26(25)33(27)19-22)34-14-6-12-28-23-11-13-32(20-23)18-21-7-4-3-5-8-21;1-28(2)18-20-17-26-25-27-23-7-6-22(16-24(23)31(25)19-20)32-15-5-10-29-13-8-21(9-14-29)30-11-3-4-12-30;1-27(2)15-18-14-25-23-26-21-9-8-20(13-22(21)29(23)16-18)30-12-6-11-28(3)17-19-7-4-5-10-24-19;1-26(2)14-17-13-24-22-25-20-8-7-19(12-21(20)28(22)15-17)29-11-5-10-27(3)16-18-6-4-9-23-18;;;;/h3-5,7-10,15,22-23,28H,6,11-14,16-20H2,1-2H3,(H,29,30);6-7,16,20-21H,3-5,8-15,17-19H2,1-2H3,(H,26,27);4-5,7-10,13,18H,6,11-12,14-17H2,1-3H3,(H,25,26);4,6-9,12,17,23H,5,10-11,13-16H2,1-3H3,(H,24,25);4*1H4/t22?,23-;;;;;;;/m1......./s1. The molecule has 0 saturated carbocycles. The van der Waals surface area contributed by atoms with Gasteiger partial charge < -0.3 is 108 Å². The van der Waals surface area contributed by atoms with Crippen molar-refractivity contribution in [1.29, 1.82) is 0 Å². The molecule has 7 aliphatic rings. The molecule has 13 heterocycles. The molecule has 3 fully saturated rings. The molecule has 3 saturated heterocycles. The van der Waals surface area contributed by atoms with Gasteiger partial charge in [0.25, 0.3) is 0 Å². The quantitative estimate of drug-likeness (QED) is 0.0201. The van der Waals surface area contributed by atoms with Gasteiger partial charge in [0.15, 0.2) is 0 Å². The van der Waals surface area contributed by atoms with E-state index in [0.29, 0.717) is 42.9 Å². The molecule has 11 aromatic rings. The van der Waals surface area contributed by atoms with E-state index in [9.17, 15) is 0 Å². The number of H-pyrrole nitrogens is 1. The monoisotopic (exact) mass is 1770 g/mol. The van der Waals surface area contributed by atoms with Crippen molar-refractivity contribution in [3.05, 3.63) is 163 Å².